The second kappa shape index (κ2) is 6.18. The van der Waals surface area contributed by atoms with Crippen LogP contribution in [0.5, 0.6) is 0 Å². The Morgan fingerprint density at radius 3 is 2.20 bits per heavy atom. The molecule has 0 N–H and O–H groups in total. The molecule has 2 rings (SSSR count). The molecule has 0 aliphatic carbocycles. The van der Waals surface area contributed by atoms with Gasteiger partial charge >= 0.3 is 0 Å². The zero-order chi connectivity index (χ0) is 14.7. The summed E-state index contributed by atoms with van der Waals surface area (Å²) in [6.45, 7) is 5.79. The smallest absolute Gasteiger partial charge is 0.261 e. The van der Waals surface area contributed by atoms with Crippen LogP contribution >= 0.6 is 0 Å². The normalized spacial score (nSPS) is 15.9. The summed E-state index contributed by atoms with van der Waals surface area (Å²) >= 11 is 0. The fourth-order valence-electron chi connectivity index (χ4n) is 2.66. The summed E-state index contributed by atoms with van der Waals surface area (Å²) in [5, 5.41) is 0. The molecule has 0 bridgehead atoms. The van der Waals surface area contributed by atoms with E-state index in [1.54, 1.807) is 24.3 Å². The number of carbonyl (C=O) groups is 2. The summed E-state index contributed by atoms with van der Waals surface area (Å²) in [5.74, 6) is -0.330. The van der Waals surface area contributed by atoms with Crippen LogP contribution in [0.4, 0.5) is 0 Å². The van der Waals surface area contributed by atoms with Crippen LogP contribution < -0.4 is 0 Å². The molecule has 0 aromatic heterocycles. The lowest BCUT2D eigenvalue weighted by Crippen LogP contribution is -2.44. The van der Waals surface area contributed by atoms with E-state index in [4.69, 9.17) is 0 Å². The van der Waals surface area contributed by atoms with Crippen molar-refractivity contribution < 1.29 is 9.59 Å². The predicted molar refractivity (Wildman–Crippen MR) is 78.8 cm³/mol. The van der Waals surface area contributed by atoms with Gasteiger partial charge in [-0.2, -0.15) is 0 Å². The fourth-order valence-corrected chi connectivity index (χ4v) is 2.66. The zero-order valence-electron chi connectivity index (χ0n) is 12.4. The maximum Gasteiger partial charge on any atom is 0.261 e. The first kappa shape index (κ1) is 14.7. The number of unbranched alkanes of at least 4 members (excludes halogenated alkanes) is 1. The third-order valence-corrected chi connectivity index (χ3v) is 3.74. The minimum Gasteiger partial charge on any atom is -0.304 e. The number of amides is 2. The number of rotatable bonds is 6. The van der Waals surface area contributed by atoms with E-state index in [2.05, 4.69) is 11.8 Å². The average Bonchev–Trinajstić information content (AvgIpc) is 2.69. The SMILES string of the molecule is CCCCN(C)CC(C)N1C(=O)c2ccccc2C1=O. The monoisotopic (exact) mass is 274 g/mol. The van der Waals surface area contributed by atoms with E-state index in [0.717, 1.165) is 19.4 Å². The molecule has 0 saturated heterocycles. The molecule has 1 aliphatic heterocycles. The third kappa shape index (κ3) is 2.75. The number of hydrogen-bond acceptors (Lipinski definition) is 3. The van der Waals surface area contributed by atoms with Crippen LogP contribution in [0.1, 0.15) is 47.4 Å². The maximum absolute atomic E-state index is 12.3. The van der Waals surface area contributed by atoms with Gasteiger partial charge in [-0.25, -0.2) is 0 Å². The molecule has 1 aromatic carbocycles. The Kier molecular flexibility index (Phi) is 4.55. The zero-order valence-corrected chi connectivity index (χ0v) is 12.4. The van der Waals surface area contributed by atoms with E-state index in [1.165, 1.54) is 4.90 Å². The van der Waals surface area contributed by atoms with E-state index in [-0.39, 0.29) is 17.9 Å². The molecule has 0 saturated carbocycles. The van der Waals surface area contributed by atoms with Crippen molar-refractivity contribution in [2.24, 2.45) is 0 Å². The molecule has 1 aliphatic rings. The largest absolute Gasteiger partial charge is 0.304 e. The Morgan fingerprint density at radius 1 is 1.15 bits per heavy atom. The fraction of sp³-hybridized carbons (Fsp3) is 0.500. The van der Waals surface area contributed by atoms with Crippen LogP contribution in [0.25, 0.3) is 0 Å². The standard InChI is InChI=1S/C16H22N2O2/c1-4-5-10-17(3)11-12(2)18-15(19)13-8-6-7-9-14(13)16(18)20/h6-9,12H,4-5,10-11H2,1-3H3. The highest BCUT2D eigenvalue weighted by Gasteiger charge is 2.38. The van der Waals surface area contributed by atoms with Gasteiger partial charge in [0.15, 0.2) is 0 Å². The highest BCUT2D eigenvalue weighted by Crippen LogP contribution is 2.24. The molecule has 1 atom stereocenters. The molecule has 0 radical (unpaired) electrons. The van der Waals surface area contributed by atoms with E-state index in [0.29, 0.717) is 17.7 Å². The predicted octanol–water partition coefficient (Wildman–Crippen LogP) is 2.40. The summed E-state index contributed by atoms with van der Waals surface area (Å²) in [5.41, 5.74) is 1.06. The number of likely N-dealkylation sites (N-methyl/N-ethyl adjacent to an activating group) is 1. The molecular formula is C16H22N2O2. The molecule has 1 heterocycles. The van der Waals surface area contributed by atoms with Crippen molar-refractivity contribution in [2.45, 2.75) is 32.7 Å². The van der Waals surface area contributed by atoms with Gasteiger partial charge in [0.1, 0.15) is 0 Å². The van der Waals surface area contributed by atoms with E-state index in [1.807, 2.05) is 14.0 Å². The molecule has 1 aromatic rings. The van der Waals surface area contributed by atoms with Gasteiger partial charge in [-0.1, -0.05) is 25.5 Å². The van der Waals surface area contributed by atoms with Gasteiger partial charge in [0.05, 0.1) is 17.2 Å². The number of nitrogens with zero attached hydrogens (tertiary/aromatic N) is 2. The van der Waals surface area contributed by atoms with E-state index < -0.39 is 0 Å². The van der Waals surface area contributed by atoms with Crippen LogP contribution in [0.15, 0.2) is 24.3 Å². The quantitative estimate of drug-likeness (QED) is 0.748. The van der Waals surface area contributed by atoms with Crippen molar-refractivity contribution >= 4 is 11.8 Å². The lowest BCUT2D eigenvalue weighted by atomic mass is 10.1. The first-order valence-corrected chi connectivity index (χ1v) is 7.21. The second-order valence-electron chi connectivity index (χ2n) is 5.49. The lowest BCUT2D eigenvalue weighted by Gasteiger charge is -2.27. The van der Waals surface area contributed by atoms with Gasteiger partial charge in [0, 0.05) is 6.54 Å². The summed E-state index contributed by atoms with van der Waals surface area (Å²) in [4.78, 5) is 28.2. The van der Waals surface area contributed by atoms with Gasteiger partial charge in [0.2, 0.25) is 0 Å². The molecule has 2 amide bonds. The highest BCUT2D eigenvalue weighted by atomic mass is 16.2. The minimum atomic E-state index is -0.165. The second-order valence-corrected chi connectivity index (χ2v) is 5.49. The Balaban J connectivity index is 2.07. The summed E-state index contributed by atoms with van der Waals surface area (Å²) in [7, 11) is 2.03. The average molecular weight is 274 g/mol. The molecule has 20 heavy (non-hydrogen) atoms. The Morgan fingerprint density at radius 2 is 1.70 bits per heavy atom. The van der Waals surface area contributed by atoms with Gasteiger partial charge < -0.3 is 4.90 Å². The number of carbonyl (C=O) groups excluding carboxylic acids is 2. The summed E-state index contributed by atoms with van der Waals surface area (Å²) < 4.78 is 0. The molecule has 4 heteroatoms. The molecular weight excluding hydrogens is 252 g/mol. The van der Waals surface area contributed by atoms with Crippen LogP contribution in [-0.4, -0.2) is 47.8 Å². The van der Waals surface area contributed by atoms with Gasteiger partial charge in [-0.3, -0.25) is 14.5 Å². The van der Waals surface area contributed by atoms with Gasteiger partial charge in [-0.05, 0) is 39.1 Å². The number of benzene rings is 1. The maximum atomic E-state index is 12.3. The van der Waals surface area contributed by atoms with Gasteiger partial charge in [-0.15, -0.1) is 0 Å². The van der Waals surface area contributed by atoms with Crippen LogP contribution in [-0.2, 0) is 0 Å². The number of imide groups is 1. The molecule has 108 valence electrons. The van der Waals surface area contributed by atoms with Crippen LogP contribution in [0.3, 0.4) is 0 Å². The van der Waals surface area contributed by atoms with Crippen molar-refractivity contribution in [2.75, 3.05) is 20.1 Å². The van der Waals surface area contributed by atoms with Crippen molar-refractivity contribution in [3.05, 3.63) is 35.4 Å². The number of fused-ring (bicyclic) bond motifs is 1. The summed E-state index contributed by atoms with van der Waals surface area (Å²) in [6.07, 6.45) is 2.27. The molecule has 0 spiro atoms. The molecule has 4 nitrogen and oxygen atoms in total. The van der Waals surface area contributed by atoms with Crippen molar-refractivity contribution in [1.29, 1.82) is 0 Å². The van der Waals surface area contributed by atoms with Crippen LogP contribution in [0, 0.1) is 0 Å². The molecule has 0 fully saturated rings. The van der Waals surface area contributed by atoms with E-state index >= 15 is 0 Å². The Bertz CT molecular complexity index is 478. The highest BCUT2D eigenvalue weighted by molar-refractivity contribution is 6.21. The molecule has 1 unspecified atom stereocenters. The van der Waals surface area contributed by atoms with Crippen molar-refractivity contribution in [1.82, 2.24) is 9.80 Å². The first-order chi connectivity index (χ1) is 9.56. The van der Waals surface area contributed by atoms with Gasteiger partial charge in [0.25, 0.3) is 11.8 Å². The third-order valence-electron chi connectivity index (χ3n) is 3.74. The van der Waals surface area contributed by atoms with Crippen LogP contribution in [0.2, 0.25) is 0 Å². The topological polar surface area (TPSA) is 40.6 Å². The van der Waals surface area contributed by atoms with Crippen molar-refractivity contribution in [3.8, 4) is 0 Å². The first-order valence-electron chi connectivity index (χ1n) is 7.21. The number of hydrogen-bond donors (Lipinski definition) is 0. The minimum absolute atomic E-state index is 0.107. The summed E-state index contributed by atoms with van der Waals surface area (Å²) in [6, 6.07) is 6.94. The lowest BCUT2D eigenvalue weighted by molar-refractivity contribution is 0.0569. The van der Waals surface area contributed by atoms with Crippen molar-refractivity contribution in [3.63, 3.8) is 0 Å². The van der Waals surface area contributed by atoms with E-state index in [9.17, 15) is 9.59 Å². The Hall–Kier alpha value is -1.68. The Labute approximate surface area is 120 Å².